The van der Waals surface area contributed by atoms with Crippen molar-refractivity contribution in [2.45, 2.75) is 33.4 Å². The number of carbonyl (C=O) groups excluding carboxylic acids is 1. The van der Waals surface area contributed by atoms with Crippen LogP contribution in [0.5, 0.6) is 0 Å². The number of aryl methyl sites for hydroxylation is 3. The molecule has 0 aliphatic carbocycles. The Labute approximate surface area is 155 Å². The minimum Gasteiger partial charge on any atom is -0.308 e. The fourth-order valence-electron chi connectivity index (χ4n) is 2.69. The Hall–Kier alpha value is -2.67. The van der Waals surface area contributed by atoms with Gasteiger partial charge >= 0.3 is 0 Å². The van der Waals surface area contributed by atoms with Gasteiger partial charge in [0.15, 0.2) is 5.82 Å². The van der Waals surface area contributed by atoms with Gasteiger partial charge < -0.3 is 5.32 Å². The summed E-state index contributed by atoms with van der Waals surface area (Å²) < 4.78 is 16.6. The first-order valence-electron chi connectivity index (χ1n) is 8.19. The van der Waals surface area contributed by atoms with Crippen LogP contribution >= 0.6 is 11.6 Å². The van der Waals surface area contributed by atoms with E-state index < -0.39 is 0 Å². The van der Waals surface area contributed by atoms with Crippen molar-refractivity contribution < 1.29 is 9.18 Å². The van der Waals surface area contributed by atoms with Crippen LogP contribution in [0.15, 0.2) is 36.5 Å². The number of rotatable bonds is 6. The van der Waals surface area contributed by atoms with Crippen LogP contribution in [0.1, 0.15) is 23.4 Å². The number of carbonyl (C=O) groups is 1. The summed E-state index contributed by atoms with van der Waals surface area (Å²) >= 11 is 6.14. The first-order chi connectivity index (χ1) is 12.4. The highest BCUT2D eigenvalue weighted by molar-refractivity contribution is 6.33. The molecule has 0 fully saturated rings. The van der Waals surface area contributed by atoms with E-state index in [1.54, 1.807) is 27.7 Å². The van der Waals surface area contributed by atoms with Crippen molar-refractivity contribution >= 4 is 23.3 Å². The third-order valence-corrected chi connectivity index (χ3v) is 4.14. The summed E-state index contributed by atoms with van der Waals surface area (Å²) in [5.74, 6) is -0.213. The molecule has 0 aliphatic heterocycles. The molecular formula is C18H19ClFN5O. The lowest BCUT2D eigenvalue weighted by Crippen LogP contribution is -2.16. The van der Waals surface area contributed by atoms with E-state index in [2.05, 4.69) is 15.5 Å². The van der Waals surface area contributed by atoms with Crippen molar-refractivity contribution in [3.05, 3.63) is 64.3 Å². The molecule has 0 saturated carbocycles. The SMILES string of the molecule is Cc1cc(C)n(CCC(=O)Nc2nn(Cc3cccc(F)c3)cc2Cl)n1. The highest BCUT2D eigenvalue weighted by Gasteiger charge is 2.12. The average molecular weight is 376 g/mol. The normalized spacial score (nSPS) is 10.9. The van der Waals surface area contributed by atoms with Crippen LogP contribution in [-0.2, 0) is 17.9 Å². The van der Waals surface area contributed by atoms with Gasteiger partial charge in [0.05, 0.1) is 12.2 Å². The molecule has 1 N–H and O–H groups in total. The number of nitrogens with one attached hydrogen (secondary N) is 1. The maximum absolute atomic E-state index is 13.3. The van der Waals surface area contributed by atoms with Gasteiger partial charge in [-0.05, 0) is 37.6 Å². The molecule has 0 bridgehead atoms. The molecule has 0 aliphatic rings. The summed E-state index contributed by atoms with van der Waals surface area (Å²) in [4.78, 5) is 12.2. The van der Waals surface area contributed by atoms with Crippen LogP contribution < -0.4 is 5.32 Å². The van der Waals surface area contributed by atoms with E-state index >= 15 is 0 Å². The zero-order chi connectivity index (χ0) is 18.7. The van der Waals surface area contributed by atoms with Gasteiger partial charge in [-0.1, -0.05) is 23.7 Å². The van der Waals surface area contributed by atoms with Crippen molar-refractivity contribution in [1.29, 1.82) is 0 Å². The lowest BCUT2D eigenvalue weighted by Gasteiger charge is -2.05. The van der Waals surface area contributed by atoms with Gasteiger partial charge in [-0.25, -0.2) is 4.39 Å². The van der Waals surface area contributed by atoms with E-state index in [0.29, 0.717) is 23.9 Å². The van der Waals surface area contributed by atoms with Crippen molar-refractivity contribution in [2.75, 3.05) is 5.32 Å². The van der Waals surface area contributed by atoms with E-state index in [4.69, 9.17) is 11.6 Å². The van der Waals surface area contributed by atoms with Crippen LogP contribution in [0.25, 0.3) is 0 Å². The quantitative estimate of drug-likeness (QED) is 0.716. The van der Waals surface area contributed by atoms with Gasteiger partial charge in [-0.15, -0.1) is 0 Å². The van der Waals surface area contributed by atoms with Crippen LogP contribution in [0.4, 0.5) is 10.2 Å². The molecule has 1 amide bonds. The predicted molar refractivity (Wildman–Crippen MR) is 97.7 cm³/mol. The molecule has 6 nitrogen and oxygen atoms in total. The molecule has 8 heteroatoms. The summed E-state index contributed by atoms with van der Waals surface area (Å²) in [6, 6.07) is 8.21. The van der Waals surface area contributed by atoms with Gasteiger partial charge in [0.1, 0.15) is 10.8 Å². The molecule has 3 aromatic rings. The second-order valence-electron chi connectivity index (χ2n) is 6.10. The Kier molecular flexibility index (Phi) is 5.37. The van der Waals surface area contributed by atoms with Crippen molar-refractivity contribution in [1.82, 2.24) is 19.6 Å². The van der Waals surface area contributed by atoms with E-state index in [-0.39, 0.29) is 18.1 Å². The Balaban J connectivity index is 1.60. The number of amides is 1. The summed E-state index contributed by atoms with van der Waals surface area (Å²) in [6.45, 7) is 4.70. The van der Waals surface area contributed by atoms with Crippen molar-refractivity contribution in [3.8, 4) is 0 Å². The predicted octanol–water partition coefficient (Wildman–Crippen LogP) is 3.57. The fourth-order valence-corrected chi connectivity index (χ4v) is 2.89. The molecule has 2 aromatic heterocycles. The van der Waals surface area contributed by atoms with Crippen LogP contribution in [-0.4, -0.2) is 25.5 Å². The number of aromatic nitrogens is 4. The van der Waals surface area contributed by atoms with E-state index in [9.17, 15) is 9.18 Å². The lowest BCUT2D eigenvalue weighted by molar-refractivity contribution is -0.116. The largest absolute Gasteiger partial charge is 0.308 e. The van der Waals surface area contributed by atoms with Gasteiger partial charge in [-0.3, -0.25) is 14.2 Å². The van der Waals surface area contributed by atoms with Gasteiger partial charge in [0.25, 0.3) is 0 Å². The van der Waals surface area contributed by atoms with Crippen molar-refractivity contribution in [2.24, 2.45) is 0 Å². The average Bonchev–Trinajstić information content (AvgIpc) is 3.07. The molecule has 26 heavy (non-hydrogen) atoms. The zero-order valence-electron chi connectivity index (χ0n) is 14.5. The Bertz CT molecular complexity index is 934. The summed E-state index contributed by atoms with van der Waals surface area (Å²) in [5.41, 5.74) is 2.68. The fraction of sp³-hybridized carbons (Fsp3) is 0.278. The molecular weight excluding hydrogens is 357 g/mol. The number of hydrogen-bond acceptors (Lipinski definition) is 3. The van der Waals surface area contributed by atoms with E-state index in [0.717, 1.165) is 17.0 Å². The molecule has 0 unspecified atom stereocenters. The summed E-state index contributed by atoms with van der Waals surface area (Å²) in [6.07, 6.45) is 1.86. The Morgan fingerprint density at radius 1 is 1.27 bits per heavy atom. The smallest absolute Gasteiger partial charge is 0.227 e. The Morgan fingerprint density at radius 3 is 2.77 bits per heavy atom. The topological polar surface area (TPSA) is 64.7 Å². The van der Waals surface area contributed by atoms with E-state index in [1.807, 2.05) is 19.9 Å². The number of hydrogen-bond donors (Lipinski definition) is 1. The molecule has 3 rings (SSSR count). The van der Waals surface area contributed by atoms with Crippen molar-refractivity contribution in [3.63, 3.8) is 0 Å². The molecule has 0 saturated heterocycles. The standard InChI is InChI=1S/C18H19ClFN5O/c1-12-8-13(2)25(22-12)7-6-17(26)21-18-16(19)11-24(23-18)10-14-4-3-5-15(20)9-14/h3-5,8-9,11H,6-7,10H2,1-2H3,(H,21,23,26). The van der Waals surface area contributed by atoms with Crippen LogP contribution in [0.2, 0.25) is 5.02 Å². The molecule has 136 valence electrons. The maximum Gasteiger partial charge on any atom is 0.227 e. The molecule has 2 heterocycles. The third kappa shape index (κ3) is 4.49. The Morgan fingerprint density at radius 2 is 2.08 bits per heavy atom. The third-order valence-electron chi connectivity index (χ3n) is 3.86. The number of nitrogens with zero attached hydrogens (tertiary/aromatic N) is 4. The number of anilines is 1. The zero-order valence-corrected chi connectivity index (χ0v) is 15.3. The number of benzene rings is 1. The maximum atomic E-state index is 13.3. The molecule has 1 aromatic carbocycles. The lowest BCUT2D eigenvalue weighted by atomic mass is 10.2. The second kappa shape index (κ2) is 7.70. The van der Waals surface area contributed by atoms with Crippen LogP contribution in [0.3, 0.4) is 0 Å². The number of halogens is 2. The van der Waals surface area contributed by atoms with E-state index in [1.165, 1.54) is 12.1 Å². The van der Waals surface area contributed by atoms with Crippen LogP contribution in [0, 0.1) is 19.7 Å². The minimum atomic E-state index is -0.307. The molecule has 0 radical (unpaired) electrons. The molecule has 0 atom stereocenters. The summed E-state index contributed by atoms with van der Waals surface area (Å²) in [5, 5.41) is 11.6. The minimum absolute atomic E-state index is 0.199. The highest BCUT2D eigenvalue weighted by Crippen LogP contribution is 2.20. The second-order valence-corrected chi connectivity index (χ2v) is 6.51. The van der Waals surface area contributed by atoms with Gasteiger partial charge in [0.2, 0.25) is 5.91 Å². The first kappa shape index (κ1) is 18.1. The van der Waals surface area contributed by atoms with Gasteiger partial charge in [-0.2, -0.15) is 10.2 Å². The monoisotopic (exact) mass is 375 g/mol. The highest BCUT2D eigenvalue weighted by atomic mass is 35.5. The van der Waals surface area contributed by atoms with Gasteiger partial charge in [0, 0.05) is 24.9 Å². The molecule has 0 spiro atoms. The summed E-state index contributed by atoms with van der Waals surface area (Å²) in [7, 11) is 0. The first-order valence-corrected chi connectivity index (χ1v) is 8.57.